The van der Waals surface area contributed by atoms with Gasteiger partial charge >= 0.3 is 5.97 Å². The first-order valence-electron chi connectivity index (χ1n) is 10.1. The molecule has 2 amide bonds. The van der Waals surface area contributed by atoms with Crippen LogP contribution in [0.15, 0.2) is 66.7 Å². The van der Waals surface area contributed by atoms with Crippen LogP contribution in [0.2, 0.25) is 0 Å². The van der Waals surface area contributed by atoms with Crippen molar-refractivity contribution in [2.75, 3.05) is 19.5 Å². The molecule has 170 valence electrons. The fourth-order valence-electron chi connectivity index (χ4n) is 3.13. The summed E-state index contributed by atoms with van der Waals surface area (Å²) in [6, 6.07) is 18.6. The van der Waals surface area contributed by atoms with E-state index in [-0.39, 0.29) is 18.4 Å². The third-order valence-electron chi connectivity index (χ3n) is 4.68. The molecule has 0 saturated heterocycles. The summed E-state index contributed by atoms with van der Waals surface area (Å²) in [5.74, 6) is 0.00128. The normalized spacial score (nSPS) is 10.2. The van der Waals surface area contributed by atoms with Gasteiger partial charge in [0.05, 0.1) is 14.2 Å². The SMILES string of the molecule is COc1cccc(OC)c1C(=O)Nc1ccc(CNC(=O)c2cccc(OC(C)=O)c2)cc1. The van der Waals surface area contributed by atoms with Crippen molar-refractivity contribution < 1.29 is 28.6 Å². The van der Waals surface area contributed by atoms with E-state index < -0.39 is 5.97 Å². The number of methoxy groups -OCH3 is 2. The van der Waals surface area contributed by atoms with Crippen LogP contribution < -0.4 is 24.8 Å². The summed E-state index contributed by atoms with van der Waals surface area (Å²) in [5.41, 5.74) is 2.10. The summed E-state index contributed by atoms with van der Waals surface area (Å²) in [5, 5.41) is 5.63. The number of ether oxygens (including phenoxy) is 3. The molecule has 0 bridgehead atoms. The summed E-state index contributed by atoms with van der Waals surface area (Å²) < 4.78 is 15.6. The largest absolute Gasteiger partial charge is 0.496 e. The van der Waals surface area contributed by atoms with E-state index in [4.69, 9.17) is 14.2 Å². The summed E-state index contributed by atoms with van der Waals surface area (Å²) in [7, 11) is 2.97. The van der Waals surface area contributed by atoms with Crippen molar-refractivity contribution in [3.63, 3.8) is 0 Å². The molecule has 0 saturated carbocycles. The summed E-state index contributed by atoms with van der Waals surface area (Å²) >= 11 is 0. The number of hydrogen-bond acceptors (Lipinski definition) is 6. The third kappa shape index (κ3) is 6.10. The first kappa shape index (κ1) is 23.3. The maximum atomic E-state index is 12.8. The second-order valence-corrected chi connectivity index (χ2v) is 6.99. The second kappa shape index (κ2) is 10.8. The van der Waals surface area contributed by atoms with E-state index in [2.05, 4.69) is 10.6 Å². The molecule has 0 aliphatic carbocycles. The fraction of sp³-hybridized carbons (Fsp3) is 0.160. The summed E-state index contributed by atoms with van der Waals surface area (Å²) in [4.78, 5) is 36.3. The average Bonchev–Trinajstić information content (AvgIpc) is 2.82. The predicted octanol–water partition coefficient (Wildman–Crippen LogP) is 3.81. The van der Waals surface area contributed by atoms with Gasteiger partial charge in [-0.3, -0.25) is 14.4 Å². The van der Waals surface area contributed by atoms with Crippen LogP contribution in [-0.4, -0.2) is 32.0 Å². The number of hydrogen-bond donors (Lipinski definition) is 2. The Morgan fingerprint density at radius 1 is 0.818 bits per heavy atom. The lowest BCUT2D eigenvalue weighted by molar-refractivity contribution is -0.131. The molecule has 0 aliphatic rings. The Kier molecular flexibility index (Phi) is 7.64. The van der Waals surface area contributed by atoms with E-state index in [1.54, 1.807) is 60.7 Å². The van der Waals surface area contributed by atoms with Crippen LogP contribution in [-0.2, 0) is 11.3 Å². The van der Waals surface area contributed by atoms with Gasteiger partial charge < -0.3 is 24.8 Å². The first-order chi connectivity index (χ1) is 15.9. The van der Waals surface area contributed by atoms with Crippen molar-refractivity contribution in [2.24, 2.45) is 0 Å². The van der Waals surface area contributed by atoms with Gasteiger partial charge in [-0.1, -0.05) is 24.3 Å². The summed E-state index contributed by atoms with van der Waals surface area (Å²) in [6.45, 7) is 1.58. The minimum atomic E-state index is -0.455. The molecule has 3 rings (SSSR count). The zero-order chi connectivity index (χ0) is 23.8. The van der Waals surface area contributed by atoms with Crippen LogP contribution in [0.1, 0.15) is 33.2 Å². The van der Waals surface area contributed by atoms with Gasteiger partial charge in [-0.2, -0.15) is 0 Å². The van der Waals surface area contributed by atoms with Crippen LogP contribution in [0.25, 0.3) is 0 Å². The molecule has 0 atom stereocenters. The maximum Gasteiger partial charge on any atom is 0.308 e. The standard InChI is InChI=1S/C25H24N2O6/c1-16(28)33-20-7-4-6-18(14-20)24(29)26-15-17-10-12-19(13-11-17)27-25(30)23-21(31-2)8-5-9-22(23)32-3/h4-14H,15H2,1-3H3,(H,26,29)(H,27,30). The molecule has 8 heteroatoms. The van der Waals surface area contributed by atoms with Gasteiger partial charge in [0.25, 0.3) is 11.8 Å². The minimum Gasteiger partial charge on any atom is -0.496 e. The first-order valence-corrected chi connectivity index (χ1v) is 10.1. The number of rotatable bonds is 8. The van der Waals surface area contributed by atoms with E-state index in [0.717, 1.165) is 5.56 Å². The van der Waals surface area contributed by atoms with E-state index in [1.807, 2.05) is 0 Å². The molecule has 0 aromatic heterocycles. The lowest BCUT2D eigenvalue weighted by atomic mass is 10.1. The molecule has 33 heavy (non-hydrogen) atoms. The maximum absolute atomic E-state index is 12.8. The van der Waals surface area contributed by atoms with Gasteiger partial charge in [-0.25, -0.2) is 0 Å². The molecular weight excluding hydrogens is 424 g/mol. The Labute approximate surface area is 191 Å². The van der Waals surface area contributed by atoms with Crippen LogP contribution >= 0.6 is 0 Å². The Morgan fingerprint density at radius 2 is 1.45 bits per heavy atom. The number of carbonyl (C=O) groups excluding carboxylic acids is 3. The number of benzene rings is 3. The number of anilines is 1. The molecule has 8 nitrogen and oxygen atoms in total. The number of carbonyl (C=O) groups is 3. The Balaban J connectivity index is 1.62. The van der Waals surface area contributed by atoms with Gasteiger partial charge in [-0.05, 0) is 48.0 Å². The molecule has 0 unspecified atom stereocenters. The third-order valence-corrected chi connectivity index (χ3v) is 4.68. The van der Waals surface area contributed by atoms with Crippen LogP contribution in [0.5, 0.6) is 17.2 Å². The fourth-order valence-corrected chi connectivity index (χ4v) is 3.13. The smallest absolute Gasteiger partial charge is 0.308 e. The van der Waals surface area contributed by atoms with Crippen LogP contribution in [0.3, 0.4) is 0 Å². The van der Waals surface area contributed by atoms with Crippen molar-refractivity contribution in [1.82, 2.24) is 5.32 Å². The molecule has 0 radical (unpaired) electrons. The van der Waals surface area contributed by atoms with E-state index in [1.165, 1.54) is 27.2 Å². The van der Waals surface area contributed by atoms with Crippen LogP contribution in [0.4, 0.5) is 5.69 Å². The molecule has 0 fully saturated rings. The number of esters is 1. The molecule has 0 spiro atoms. The minimum absolute atomic E-state index is 0.283. The topological polar surface area (TPSA) is 103 Å². The van der Waals surface area contributed by atoms with Crippen LogP contribution in [0, 0.1) is 0 Å². The average molecular weight is 448 g/mol. The van der Waals surface area contributed by atoms with Gasteiger partial charge in [0.1, 0.15) is 22.8 Å². The van der Waals surface area contributed by atoms with Crippen molar-refractivity contribution in [3.05, 3.63) is 83.4 Å². The lowest BCUT2D eigenvalue weighted by Gasteiger charge is -2.13. The highest BCUT2D eigenvalue weighted by Crippen LogP contribution is 2.29. The number of amides is 2. The van der Waals surface area contributed by atoms with Gasteiger partial charge in [0.2, 0.25) is 0 Å². The molecule has 0 heterocycles. The predicted molar refractivity (Wildman–Crippen MR) is 123 cm³/mol. The Bertz CT molecular complexity index is 1140. The van der Waals surface area contributed by atoms with Crippen molar-refractivity contribution in [3.8, 4) is 17.2 Å². The van der Waals surface area contributed by atoms with Gasteiger partial charge in [0.15, 0.2) is 0 Å². The highest BCUT2D eigenvalue weighted by atomic mass is 16.5. The highest BCUT2D eigenvalue weighted by molar-refractivity contribution is 6.08. The molecular formula is C25H24N2O6. The second-order valence-electron chi connectivity index (χ2n) is 6.99. The lowest BCUT2D eigenvalue weighted by Crippen LogP contribution is -2.22. The van der Waals surface area contributed by atoms with Gasteiger partial charge in [0, 0.05) is 24.7 Å². The van der Waals surface area contributed by atoms with Crippen molar-refractivity contribution >= 4 is 23.5 Å². The van der Waals surface area contributed by atoms with Crippen molar-refractivity contribution in [2.45, 2.75) is 13.5 Å². The number of nitrogens with one attached hydrogen (secondary N) is 2. The monoisotopic (exact) mass is 448 g/mol. The van der Waals surface area contributed by atoms with Crippen molar-refractivity contribution in [1.29, 1.82) is 0 Å². The Morgan fingerprint density at radius 3 is 2.06 bits per heavy atom. The van der Waals surface area contributed by atoms with E-state index in [0.29, 0.717) is 34.1 Å². The van der Waals surface area contributed by atoms with Gasteiger partial charge in [-0.15, -0.1) is 0 Å². The zero-order valence-electron chi connectivity index (χ0n) is 18.5. The molecule has 0 aliphatic heterocycles. The molecule has 2 N–H and O–H groups in total. The van der Waals surface area contributed by atoms with E-state index >= 15 is 0 Å². The quantitative estimate of drug-likeness (QED) is 0.401. The molecule has 3 aromatic rings. The van der Waals surface area contributed by atoms with E-state index in [9.17, 15) is 14.4 Å². The highest BCUT2D eigenvalue weighted by Gasteiger charge is 2.18. The Hall–Kier alpha value is -4.33. The zero-order valence-corrected chi connectivity index (χ0v) is 18.5. The summed E-state index contributed by atoms with van der Waals surface area (Å²) in [6.07, 6.45) is 0. The molecule has 3 aromatic carbocycles.